The summed E-state index contributed by atoms with van der Waals surface area (Å²) in [5, 5.41) is 33.5. The van der Waals surface area contributed by atoms with Crippen molar-refractivity contribution < 1.29 is 20.1 Å². The fraction of sp³-hybridized carbons (Fsp3) is 0.906. The lowest BCUT2D eigenvalue weighted by molar-refractivity contribution is -0.125. The van der Waals surface area contributed by atoms with Crippen LogP contribution in [0, 0.1) is 0 Å². The van der Waals surface area contributed by atoms with Crippen molar-refractivity contribution in [2.75, 3.05) is 6.61 Å². The van der Waals surface area contributed by atoms with Crippen molar-refractivity contribution in [3.05, 3.63) is 24.3 Å². The molecule has 3 atom stereocenters. The minimum atomic E-state index is -0.747. The Morgan fingerprint density at radius 1 is 0.431 bits per heavy atom. The first-order valence-electron chi connectivity index (χ1n) is 26.1. The van der Waals surface area contributed by atoms with Crippen LogP contribution >= 0.6 is 0 Å². The van der Waals surface area contributed by atoms with Gasteiger partial charge in [-0.1, -0.05) is 256 Å². The van der Waals surface area contributed by atoms with Gasteiger partial charge in [-0.2, -0.15) is 0 Å². The van der Waals surface area contributed by atoms with E-state index < -0.39 is 18.2 Å². The van der Waals surface area contributed by atoms with Crippen LogP contribution in [-0.4, -0.2) is 46.1 Å². The summed E-state index contributed by atoms with van der Waals surface area (Å²) in [6.07, 6.45) is 60.3. The first-order valence-corrected chi connectivity index (χ1v) is 26.1. The molecule has 0 aromatic heterocycles. The molecule has 0 bridgehead atoms. The third-order valence-corrected chi connectivity index (χ3v) is 12.3. The molecule has 0 heterocycles. The van der Waals surface area contributed by atoms with Crippen LogP contribution in [0.2, 0.25) is 0 Å². The normalized spacial score (nSPS) is 13.5. The van der Waals surface area contributed by atoms with Crippen molar-refractivity contribution in [1.82, 2.24) is 5.32 Å². The monoisotopic (exact) mass is 818 g/mol. The smallest absolute Gasteiger partial charge is 0.222 e. The number of rotatable bonds is 48. The molecule has 5 nitrogen and oxygen atoms in total. The maximum absolute atomic E-state index is 12.5. The Morgan fingerprint density at radius 2 is 0.741 bits per heavy atom. The molecular formula is C53H103NO4. The highest BCUT2D eigenvalue weighted by Gasteiger charge is 2.21. The lowest BCUT2D eigenvalue weighted by Gasteiger charge is -2.23. The summed E-state index contributed by atoms with van der Waals surface area (Å²) in [6.45, 7) is 4.28. The van der Waals surface area contributed by atoms with Gasteiger partial charge in [-0.05, 0) is 44.9 Å². The predicted molar refractivity (Wildman–Crippen MR) is 255 cm³/mol. The van der Waals surface area contributed by atoms with Crippen LogP contribution < -0.4 is 5.32 Å². The first kappa shape index (κ1) is 56.8. The standard InChI is InChI=1S/C53H103NO4/c1-3-5-7-9-11-13-15-17-19-20-21-22-23-24-25-26-27-28-29-30-31-32-33-34-36-38-40-42-44-46-50(56)48-53(58)54-51(49-55)52(57)47-45-43-41-39-37-35-18-16-14-12-10-8-6-4-2/h21-22,24-25,50-52,55-57H,3-20,23,26-49H2,1-2H3,(H,54,58)/b22-21-,25-24-. The molecule has 0 rings (SSSR count). The Morgan fingerprint density at radius 3 is 1.09 bits per heavy atom. The summed E-state index contributed by atoms with van der Waals surface area (Å²) in [5.74, 6) is -0.281. The third kappa shape index (κ3) is 44.4. The molecule has 5 heteroatoms. The van der Waals surface area contributed by atoms with Crippen LogP contribution in [0.3, 0.4) is 0 Å². The molecule has 3 unspecified atom stereocenters. The number of unbranched alkanes of at least 4 members (excludes halogenated alkanes) is 35. The summed E-state index contributed by atoms with van der Waals surface area (Å²) < 4.78 is 0. The maximum Gasteiger partial charge on any atom is 0.222 e. The van der Waals surface area contributed by atoms with Gasteiger partial charge in [0, 0.05) is 0 Å². The molecular weight excluding hydrogens is 715 g/mol. The van der Waals surface area contributed by atoms with E-state index in [4.69, 9.17) is 0 Å². The van der Waals surface area contributed by atoms with Crippen molar-refractivity contribution >= 4 is 5.91 Å². The van der Waals surface area contributed by atoms with E-state index in [9.17, 15) is 20.1 Å². The van der Waals surface area contributed by atoms with Crippen LogP contribution in [0.15, 0.2) is 24.3 Å². The number of allylic oxidation sites excluding steroid dienone is 4. The summed E-state index contributed by atoms with van der Waals surface area (Å²) >= 11 is 0. The van der Waals surface area contributed by atoms with Gasteiger partial charge in [0.1, 0.15) is 0 Å². The highest BCUT2D eigenvalue weighted by atomic mass is 16.3. The molecule has 4 N–H and O–H groups in total. The van der Waals surface area contributed by atoms with Crippen molar-refractivity contribution in [3.63, 3.8) is 0 Å². The Hall–Kier alpha value is -1.17. The van der Waals surface area contributed by atoms with Gasteiger partial charge in [-0.3, -0.25) is 4.79 Å². The number of hydrogen-bond donors (Lipinski definition) is 4. The Bertz CT molecular complexity index is 859. The topological polar surface area (TPSA) is 89.8 Å². The van der Waals surface area contributed by atoms with Crippen LogP contribution in [0.5, 0.6) is 0 Å². The Kier molecular flexibility index (Phi) is 47.5. The second-order valence-electron chi connectivity index (χ2n) is 18.1. The van der Waals surface area contributed by atoms with Crippen molar-refractivity contribution in [1.29, 1.82) is 0 Å². The van der Waals surface area contributed by atoms with Gasteiger partial charge in [-0.25, -0.2) is 0 Å². The highest BCUT2D eigenvalue weighted by Crippen LogP contribution is 2.17. The number of nitrogens with one attached hydrogen (secondary N) is 1. The van der Waals surface area contributed by atoms with Gasteiger partial charge in [0.2, 0.25) is 5.91 Å². The predicted octanol–water partition coefficient (Wildman–Crippen LogP) is 15.7. The van der Waals surface area contributed by atoms with E-state index in [-0.39, 0.29) is 18.9 Å². The fourth-order valence-electron chi connectivity index (χ4n) is 8.26. The minimum Gasteiger partial charge on any atom is -0.394 e. The molecule has 0 aliphatic rings. The maximum atomic E-state index is 12.5. The molecule has 0 saturated carbocycles. The summed E-state index contributed by atoms with van der Waals surface area (Å²) in [5.41, 5.74) is 0. The van der Waals surface area contributed by atoms with E-state index in [2.05, 4.69) is 43.5 Å². The molecule has 0 aromatic rings. The van der Waals surface area contributed by atoms with Gasteiger partial charge < -0.3 is 20.6 Å². The molecule has 0 aliphatic carbocycles. The van der Waals surface area contributed by atoms with Gasteiger partial charge in [0.15, 0.2) is 0 Å². The molecule has 0 radical (unpaired) electrons. The Balaban J connectivity index is 3.52. The van der Waals surface area contributed by atoms with Crippen molar-refractivity contribution in [2.45, 2.75) is 302 Å². The number of carbonyl (C=O) groups is 1. The minimum absolute atomic E-state index is 0.0382. The van der Waals surface area contributed by atoms with Crippen molar-refractivity contribution in [3.8, 4) is 0 Å². The number of carbonyl (C=O) groups excluding carboxylic acids is 1. The fourth-order valence-corrected chi connectivity index (χ4v) is 8.26. The van der Waals surface area contributed by atoms with E-state index >= 15 is 0 Å². The zero-order valence-corrected chi connectivity index (χ0v) is 39.2. The largest absolute Gasteiger partial charge is 0.394 e. The van der Waals surface area contributed by atoms with Crippen LogP contribution in [0.4, 0.5) is 0 Å². The third-order valence-electron chi connectivity index (χ3n) is 12.3. The molecule has 0 saturated heterocycles. The van der Waals surface area contributed by atoms with E-state index in [1.165, 1.54) is 218 Å². The van der Waals surface area contributed by atoms with Crippen LogP contribution in [0.1, 0.15) is 284 Å². The molecule has 0 spiro atoms. The zero-order valence-electron chi connectivity index (χ0n) is 39.2. The highest BCUT2D eigenvalue weighted by molar-refractivity contribution is 5.76. The molecule has 344 valence electrons. The summed E-state index contributed by atoms with van der Waals surface area (Å²) in [6, 6.07) is -0.657. The number of hydrogen-bond acceptors (Lipinski definition) is 4. The average molecular weight is 818 g/mol. The van der Waals surface area contributed by atoms with E-state index in [0.29, 0.717) is 12.8 Å². The lowest BCUT2D eigenvalue weighted by atomic mass is 10.0. The Labute approximate surface area is 362 Å². The van der Waals surface area contributed by atoms with E-state index in [1.807, 2.05) is 0 Å². The molecule has 0 fully saturated rings. The molecule has 0 aromatic carbocycles. The van der Waals surface area contributed by atoms with Crippen LogP contribution in [-0.2, 0) is 4.79 Å². The van der Waals surface area contributed by atoms with Gasteiger partial charge in [-0.15, -0.1) is 0 Å². The number of amides is 1. The number of aliphatic hydroxyl groups excluding tert-OH is 3. The summed E-state index contributed by atoms with van der Waals surface area (Å²) in [7, 11) is 0. The van der Waals surface area contributed by atoms with E-state index in [0.717, 1.165) is 32.1 Å². The average Bonchev–Trinajstić information content (AvgIpc) is 3.22. The second kappa shape index (κ2) is 48.5. The second-order valence-corrected chi connectivity index (χ2v) is 18.1. The van der Waals surface area contributed by atoms with Gasteiger partial charge in [0.05, 0.1) is 31.3 Å². The molecule has 1 amide bonds. The first-order chi connectivity index (χ1) is 28.5. The zero-order chi connectivity index (χ0) is 42.3. The summed E-state index contributed by atoms with van der Waals surface area (Å²) in [4.78, 5) is 12.5. The van der Waals surface area contributed by atoms with Crippen LogP contribution in [0.25, 0.3) is 0 Å². The molecule has 0 aliphatic heterocycles. The van der Waals surface area contributed by atoms with Gasteiger partial charge in [0.25, 0.3) is 0 Å². The quantitative estimate of drug-likeness (QED) is 0.0364. The number of aliphatic hydroxyl groups is 3. The van der Waals surface area contributed by atoms with E-state index in [1.54, 1.807) is 0 Å². The lowest BCUT2D eigenvalue weighted by Crippen LogP contribution is -2.46. The van der Waals surface area contributed by atoms with Crippen molar-refractivity contribution in [2.24, 2.45) is 0 Å². The van der Waals surface area contributed by atoms with Gasteiger partial charge >= 0.3 is 0 Å². The molecule has 58 heavy (non-hydrogen) atoms. The SMILES string of the molecule is CCCCCCCCCCC/C=C\C/C=C\CCCCCCCCCCCCCCCC(O)CC(=O)NC(CO)C(O)CCCCCCCCCCCCCCCC.